The molecule has 0 amide bonds. The largest absolute Gasteiger partial charge is 0.443 e. The van der Waals surface area contributed by atoms with Crippen molar-refractivity contribution >= 4 is 0 Å². The zero-order valence-electron chi connectivity index (χ0n) is 11.7. The number of methoxy groups -OCH3 is 1. The molecule has 4 heteroatoms. The molecule has 19 heavy (non-hydrogen) atoms. The van der Waals surface area contributed by atoms with Gasteiger partial charge in [-0.05, 0) is 19.4 Å². The highest BCUT2D eigenvalue weighted by Crippen LogP contribution is 2.27. The van der Waals surface area contributed by atoms with Crippen LogP contribution in [0.15, 0.2) is 29.0 Å². The number of nitrogens with zero attached hydrogens (tertiary/aromatic N) is 1. The van der Waals surface area contributed by atoms with Crippen LogP contribution in [-0.4, -0.2) is 25.2 Å². The predicted molar refractivity (Wildman–Crippen MR) is 75.0 cm³/mol. The summed E-state index contributed by atoms with van der Waals surface area (Å²) in [4.78, 5) is 4.28. The molecule has 4 nitrogen and oxygen atoms in total. The third-order valence-electron chi connectivity index (χ3n) is 3.04. The summed E-state index contributed by atoms with van der Waals surface area (Å²) >= 11 is 0. The third-order valence-corrected chi connectivity index (χ3v) is 3.04. The summed E-state index contributed by atoms with van der Waals surface area (Å²) in [6.45, 7) is 6.35. The lowest BCUT2D eigenvalue weighted by molar-refractivity contribution is 0.199. The molecule has 0 fully saturated rings. The third kappa shape index (κ3) is 3.43. The Balaban J connectivity index is 2.14. The van der Waals surface area contributed by atoms with Gasteiger partial charge in [-0.25, -0.2) is 4.98 Å². The topological polar surface area (TPSA) is 47.3 Å². The number of ether oxygens (including phenoxy) is 1. The van der Waals surface area contributed by atoms with Gasteiger partial charge in [-0.3, -0.25) is 0 Å². The molecule has 0 aliphatic carbocycles. The monoisotopic (exact) mass is 260 g/mol. The van der Waals surface area contributed by atoms with Crippen LogP contribution in [0.25, 0.3) is 11.3 Å². The molecule has 2 rings (SSSR count). The molecule has 0 radical (unpaired) electrons. The molecule has 1 aromatic carbocycles. The molecule has 0 atom stereocenters. The summed E-state index contributed by atoms with van der Waals surface area (Å²) in [6, 6.07) is 6.33. The molecule has 0 aliphatic rings. The van der Waals surface area contributed by atoms with Crippen LogP contribution in [0.3, 0.4) is 0 Å². The Bertz CT molecular complexity index is 535. The second kappa shape index (κ2) is 6.50. The molecule has 0 aliphatic heterocycles. The minimum Gasteiger partial charge on any atom is -0.443 e. The first-order chi connectivity index (χ1) is 9.22. The van der Waals surface area contributed by atoms with E-state index >= 15 is 0 Å². The Morgan fingerprint density at radius 1 is 1.32 bits per heavy atom. The molecule has 0 bridgehead atoms. The predicted octanol–water partition coefficient (Wildman–Crippen LogP) is 2.69. The second-order valence-electron chi connectivity index (χ2n) is 4.62. The summed E-state index contributed by atoms with van der Waals surface area (Å²) in [5, 5.41) is 3.28. The number of nitrogens with one attached hydrogen (secondary N) is 1. The van der Waals surface area contributed by atoms with E-state index < -0.39 is 0 Å². The smallest absolute Gasteiger partial charge is 0.181 e. The van der Waals surface area contributed by atoms with Crippen molar-refractivity contribution in [1.82, 2.24) is 10.3 Å². The van der Waals surface area contributed by atoms with Crippen molar-refractivity contribution in [3.8, 4) is 11.3 Å². The van der Waals surface area contributed by atoms with Gasteiger partial charge in [0.2, 0.25) is 0 Å². The van der Waals surface area contributed by atoms with E-state index in [2.05, 4.69) is 42.3 Å². The fraction of sp³-hybridized carbons (Fsp3) is 0.400. The summed E-state index contributed by atoms with van der Waals surface area (Å²) in [6.07, 6.45) is 1.50. The zero-order chi connectivity index (χ0) is 13.7. The van der Waals surface area contributed by atoms with Crippen LogP contribution in [0.5, 0.6) is 0 Å². The van der Waals surface area contributed by atoms with Gasteiger partial charge in [0, 0.05) is 25.8 Å². The molecular weight excluding hydrogens is 240 g/mol. The standard InChI is InChI=1S/C15H20N2O2/c1-11-4-5-13(12(2)8-11)15-14(17-10-19-15)9-16-6-7-18-3/h4-5,8,10,16H,6-7,9H2,1-3H3. The molecule has 1 aromatic heterocycles. The van der Waals surface area contributed by atoms with E-state index in [-0.39, 0.29) is 0 Å². The first-order valence-electron chi connectivity index (χ1n) is 6.42. The van der Waals surface area contributed by atoms with Crippen molar-refractivity contribution in [1.29, 1.82) is 0 Å². The summed E-state index contributed by atoms with van der Waals surface area (Å²) in [7, 11) is 1.69. The molecule has 102 valence electrons. The van der Waals surface area contributed by atoms with Gasteiger partial charge in [0.15, 0.2) is 12.2 Å². The Morgan fingerprint density at radius 2 is 2.16 bits per heavy atom. The van der Waals surface area contributed by atoms with Crippen LogP contribution >= 0.6 is 0 Å². The number of hydrogen-bond acceptors (Lipinski definition) is 4. The van der Waals surface area contributed by atoms with Crippen LogP contribution in [0.1, 0.15) is 16.8 Å². The maximum Gasteiger partial charge on any atom is 0.181 e. The minimum atomic E-state index is 0.683. The number of aryl methyl sites for hydroxylation is 2. The quantitative estimate of drug-likeness (QED) is 0.811. The number of rotatable bonds is 6. The number of aromatic nitrogens is 1. The zero-order valence-corrected chi connectivity index (χ0v) is 11.7. The Labute approximate surface area is 113 Å². The normalized spacial score (nSPS) is 10.9. The van der Waals surface area contributed by atoms with Gasteiger partial charge in [-0.1, -0.05) is 23.8 Å². The summed E-state index contributed by atoms with van der Waals surface area (Å²) in [5.41, 5.74) is 4.49. The SMILES string of the molecule is COCCNCc1ncoc1-c1ccc(C)cc1C. The van der Waals surface area contributed by atoms with Crippen molar-refractivity contribution in [2.75, 3.05) is 20.3 Å². The van der Waals surface area contributed by atoms with Gasteiger partial charge in [0.1, 0.15) is 5.69 Å². The summed E-state index contributed by atoms with van der Waals surface area (Å²) in [5.74, 6) is 0.849. The lowest BCUT2D eigenvalue weighted by Crippen LogP contribution is -2.19. The highest BCUT2D eigenvalue weighted by atomic mass is 16.5. The van der Waals surface area contributed by atoms with E-state index in [1.54, 1.807) is 7.11 Å². The van der Waals surface area contributed by atoms with Gasteiger partial charge in [0.25, 0.3) is 0 Å². The molecule has 1 N–H and O–H groups in total. The minimum absolute atomic E-state index is 0.683. The first kappa shape index (κ1) is 13.8. The lowest BCUT2D eigenvalue weighted by Gasteiger charge is -2.07. The highest BCUT2D eigenvalue weighted by molar-refractivity contribution is 5.64. The average Bonchev–Trinajstić information content (AvgIpc) is 2.83. The first-order valence-corrected chi connectivity index (χ1v) is 6.42. The molecule has 2 aromatic rings. The number of hydrogen-bond donors (Lipinski definition) is 1. The average molecular weight is 260 g/mol. The Kier molecular flexibility index (Phi) is 4.71. The van der Waals surface area contributed by atoms with E-state index in [9.17, 15) is 0 Å². The van der Waals surface area contributed by atoms with E-state index in [4.69, 9.17) is 9.15 Å². The van der Waals surface area contributed by atoms with E-state index in [0.29, 0.717) is 13.2 Å². The van der Waals surface area contributed by atoms with Crippen LogP contribution in [-0.2, 0) is 11.3 Å². The van der Waals surface area contributed by atoms with E-state index in [0.717, 1.165) is 23.6 Å². The molecule has 0 saturated heterocycles. The molecule has 1 heterocycles. The Morgan fingerprint density at radius 3 is 2.89 bits per heavy atom. The van der Waals surface area contributed by atoms with Crippen molar-refractivity contribution in [2.24, 2.45) is 0 Å². The van der Waals surface area contributed by atoms with Crippen LogP contribution in [0, 0.1) is 13.8 Å². The van der Waals surface area contributed by atoms with E-state index in [1.165, 1.54) is 17.5 Å². The molecule has 0 unspecified atom stereocenters. The van der Waals surface area contributed by atoms with Gasteiger partial charge in [-0.2, -0.15) is 0 Å². The second-order valence-corrected chi connectivity index (χ2v) is 4.62. The van der Waals surface area contributed by atoms with Crippen LogP contribution in [0.2, 0.25) is 0 Å². The van der Waals surface area contributed by atoms with Gasteiger partial charge in [0.05, 0.1) is 6.61 Å². The van der Waals surface area contributed by atoms with Gasteiger partial charge >= 0.3 is 0 Å². The molecule has 0 spiro atoms. The van der Waals surface area contributed by atoms with Crippen molar-refractivity contribution in [3.63, 3.8) is 0 Å². The fourth-order valence-electron chi connectivity index (χ4n) is 2.06. The maximum absolute atomic E-state index is 5.55. The van der Waals surface area contributed by atoms with E-state index in [1.807, 2.05) is 0 Å². The van der Waals surface area contributed by atoms with Crippen molar-refractivity contribution < 1.29 is 9.15 Å². The van der Waals surface area contributed by atoms with Gasteiger partial charge < -0.3 is 14.5 Å². The Hall–Kier alpha value is -1.65. The fourth-order valence-corrected chi connectivity index (χ4v) is 2.06. The number of benzene rings is 1. The van der Waals surface area contributed by atoms with Crippen molar-refractivity contribution in [3.05, 3.63) is 41.4 Å². The van der Waals surface area contributed by atoms with Crippen LogP contribution in [0.4, 0.5) is 0 Å². The maximum atomic E-state index is 5.55. The molecular formula is C15H20N2O2. The van der Waals surface area contributed by atoms with Crippen molar-refractivity contribution in [2.45, 2.75) is 20.4 Å². The van der Waals surface area contributed by atoms with Crippen LogP contribution < -0.4 is 5.32 Å². The van der Waals surface area contributed by atoms with Gasteiger partial charge in [-0.15, -0.1) is 0 Å². The molecule has 0 saturated carbocycles. The lowest BCUT2D eigenvalue weighted by atomic mass is 10.0. The number of oxazole rings is 1. The summed E-state index contributed by atoms with van der Waals surface area (Å²) < 4.78 is 10.5. The highest BCUT2D eigenvalue weighted by Gasteiger charge is 2.12.